The fourth-order valence-electron chi connectivity index (χ4n) is 3.19. The first-order valence-electron chi connectivity index (χ1n) is 9.19. The second-order valence-electron chi connectivity index (χ2n) is 7.07. The summed E-state index contributed by atoms with van der Waals surface area (Å²) in [5.74, 6) is 1.94. The van der Waals surface area contributed by atoms with Gasteiger partial charge in [0.15, 0.2) is 11.6 Å². The molecule has 0 radical (unpaired) electrons. The molecule has 1 saturated heterocycles. The van der Waals surface area contributed by atoms with Crippen molar-refractivity contribution >= 4 is 5.91 Å². The molecule has 0 aliphatic carbocycles. The number of aromatic nitrogens is 5. The first kappa shape index (κ1) is 17.4. The summed E-state index contributed by atoms with van der Waals surface area (Å²) in [4.78, 5) is 23.4. The summed E-state index contributed by atoms with van der Waals surface area (Å²) in [6, 6.07) is 3.65. The summed E-state index contributed by atoms with van der Waals surface area (Å²) in [7, 11) is 0. The molecule has 1 fully saturated rings. The van der Waals surface area contributed by atoms with Gasteiger partial charge in [-0.3, -0.25) is 4.79 Å². The first-order valence-corrected chi connectivity index (χ1v) is 9.19. The first-order chi connectivity index (χ1) is 13.0. The lowest BCUT2D eigenvalue weighted by Gasteiger charge is -2.14. The molecule has 3 aromatic rings. The van der Waals surface area contributed by atoms with Crippen LogP contribution in [0.25, 0.3) is 17.3 Å². The number of pyridine rings is 1. The zero-order valence-electron chi connectivity index (χ0n) is 15.7. The zero-order chi connectivity index (χ0) is 19.0. The average molecular weight is 366 g/mol. The van der Waals surface area contributed by atoms with Crippen LogP contribution in [-0.2, 0) is 0 Å². The predicted octanol–water partition coefficient (Wildman–Crippen LogP) is 2.99. The quantitative estimate of drug-likeness (QED) is 0.705. The minimum Gasteiger partial charge on any atom is -0.339 e. The molecule has 0 unspecified atom stereocenters. The molecule has 0 atom stereocenters. The van der Waals surface area contributed by atoms with Crippen molar-refractivity contribution < 1.29 is 9.32 Å². The number of hydrogen-bond donors (Lipinski definition) is 0. The second-order valence-corrected chi connectivity index (χ2v) is 7.07. The van der Waals surface area contributed by atoms with E-state index < -0.39 is 0 Å². The van der Waals surface area contributed by atoms with Gasteiger partial charge in [-0.25, -0.2) is 9.67 Å². The number of nitrogens with zero attached hydrogens (tertiary/aromatic N) is 6. The Labute approximate surface area is 157 Å². The fourth-order valence-corrected chi connectivity index (χ4v) is 3.19. The Balaban J connectivity index is 1.65. The Morgan fingerprint density at radius 2 is 2.04 bits per heavy atom. The highest BCUT2D eigenvalue weighted by atomic mass is 16.5. The molecule has 4 rings (SSSR count). The van der Waals surface area contributed by atoms with E-state index in [2.05, 4.69) is 20.2 Å². The molecule has 0 bridgehead atoms. The van der Waals surface area contributed by atoms with Crippen LogP contribution < -0.4 is 0 Å². The van der Waals surface area contributed by atoms with Crippen molar-refractivity contribution in [3.63, 3.8) is 0 Å². The largest absolute Gasteiger partial charge is 0.339 e. The Morgan fingerprint density at radius 3 is 2.74 bits per heavy atom. The van der Waals surface area contributed by atoms with E-state index in [0.717, 1.165) is 37.2 Å². The standard InChI is InChI=1S/C19H22N6O2/c1-12(2)17-22-18(27-23-17)14-6-7-20-16(10-14)25-13(3)15(11-21-25)19(26)24-8-4-5-9-24/h6-7,10-12H,4-5,8-9H2,1-3H3. The van der Waals surface area contributed by atoms with Crippen molar-refractivity contribution in [3.8, 4) is 17.3 Å². The molecule has 140 valence electrons. The van der Waals surface area contributed by atoms with Gasteiger partial charge in [-0.2, -0.15) is 10.1 Å². The van der Waals surface area contributed by atoms with E-state index in [4.69, 9.17) is 4.52 Å². The van der Waals surface area contributed by atoms with E-state index in [1.807, 2.05) is 37.8 Å². The number of rotatable bonds is 4. The van der Waals surface area contributed by atoms with Crippen molar-refractivity contribution in [1.82, 2.24) is 29.8 Å². The van der Waals surface area contributed by atoms with Crippen molar-refractivity contribution in [2.24, 2.45) is 0 Å². The summed E-state index contributed by atoms with van der Waals surface area (Å²) in [5.41, 5.74) is 2.15. The van der Waals surface area contributed by atoms with Crippen molar-refractivity contribution in [2.75, 3.05) is 13.1 Å². The lowest BCUT2D eigenvalue weighted by Crippen LogP contribution is -2.27. The van der Waals surface area contributed by atoms with Gasteiger partial charge in [-0.05, 0) is 31.9 Å². The van der Waals surface area contributed by atoms with Gasteiger partial charge in [-0.15, -0.1) is 0 Å². The fraction of sp³-hybridized carbons (Fsp3) is 0.421. The Hall–Kier alpha value is -3.03. The maximum atomic E-state index is 12.7. The molecule has 8 nitrogen and oxygen atoms in total. The summed E-state index contributed by atoms with van der Waals surface area (Å²) in [5, 5.41) is 8.39. The lowest BCUT2D eigenvalue weighted by molar-refractivity contribution is 0.0792. The average Bonchev–Trinajstić information content (AvgIpc) is 3.42. The summed E-state index contributed by atoms with van der Waals surface area (Å²) in [6.45, 7) is 7.53. The molecular formula is C19H22N6O2. The van der Waals surface area contributed by atoms with Crippen molar-refractivity contribution in [2.45, 2.75) is 39.5 Å². The van der Waals surface area contributed by atoms with E-state index in [-0.39, 0.29) is 11.8 Å². The number of carbonyl (C=O) groups is 1. The molecule has 0 N–H and O–H groups in total. The van der Waals surface area contributed by atoms with Gasteiger partial charge in [0.25, 0.3) is 11.8 Å². The minimum atomic E-state index is 0.0332. The Bertz CT molecular complexity index is 968. The van der Waals surface area contributed by atoms with Crippen LogP contribution in [0.2, 0.25) is 0 Å². The molecule has 8 heteroatoms. The second kappa shape index (κ2) is 6.94. The van der Waals surface area contributed by atoms with Crippen LogP contribution >= 0.6 is 0 Å². The molecule has 1 aliphatic rings. The van der Waals surface area contributed by atoms with Gasteiger partial charge in [0.2, 0.25) is 0 Å². The maximum Gasteiger partial charge on any atom is 0.258 e. The highest BCUT2D eigenvalue weighted by Gasteiger charge is 2.24. The van der Waals surface area contributed by atoms with Crippen LogP contribution in [0.15, 0.2) is 29.0 Å². The monoisotopic (exact) mass is 366 g/mol. The van der Waals surface area contributed by atoms with Crippen LogP contribution in [0.4, 0.5) is 0 Å². The van der Waals surface area contributed by atoms with Crippen LogP contribution in [0.5, 0.6) is 0 Å². The van der Waals surface area contributed by atoms with Crippen molar-refractivity contribution in [3.05, 3.63) is 41.6 Å². The van der Waals surface area contributed by atoms with E-state index >= 15 is 0 Å². The third kappa shape index (κ3) is 3.22. The zero-order valence-corrected chi connectivity index (χ0v) is 15.7. The van der Waals surface area contributed by atoms with Gasteiger partial charge in [0.1, 0.15) is 0 Å². The van der Waals surface area contributed by atoms with Gasteiger partial charge < -0.3 is 9.42 Å². The Kier molecular flexibility index (Phi) is 4.47. The summed E-state index contributed by atoms with van der Waals surface area (Å²) in [6.07, 6.45) is 5.41. The van der Waals surface area contributed by atoms with E-state index in [0.29, 0.717) is 23.1 Å². The van der Waals surface area contributed by atoms with Gasteiger partial charge in [-0.1, -0.05) is 19.0 Å². The SMILES string of the molecule is Cc1c(C(=O)N2CCCC2)cnn1-c1cc(-c2nc(C(C)C)no2)ccn1. The van der Waals surface area contributed by atoms with Crippen LogP contribution in [0.1, 0.15) is 54.5 Å². The number of hydrogen-bond acceptors (Lipinski definition) is 6. The van der Waals surface area contributed by atoms with E-state index in [1.165, 1.54) is 0 Å². The normalized spacial score (nSPS) is 14.3. The molecule has 1 amide bonds. The lowest BCUT2D eigenvalue weighted by atomic mass is 10.2. The van der Waals surface area contributed by atoms with Gasteiger partial charge >= 0.3 is 0 Å². The molecule has 4 heterocycles. The summed E-state index contributed by atoms with van der Waals surface area (Å²) < 4.78 is 7.04. The van der Waals surface area contributed by atoms with E-state index in [1.54, 1.807) is 17.1 Å². The number of likely N-dealkylation sites (tertiary alicyclic amines) is 1. The highest BCUT2D eigenvalue weighted by Crippen LogP contribution is 2.23. The predicted molar refractivity (Wildman–Crippen MR) is 98.6 cm³/mol. The third-order valence-electron chi connectivity index (χ3n) is 4.80. The minimum absolute atomic E-state index is 0.0332. The molecule has 0 saturated carbocycles. The molecule has 0 aromatic carbocycles. The molecule has 1 aliphatic heterocycles. The third-order valence-corrected chi connectivity index (χ3v) is 4.80. The maximum absolute atomic E-state index is 12.7. The molecular weight excluding hydrogens is 344 g/mol. The number of carbonyl (C=O) groups excluding carboxylic acids is 1. The molecule has 0 spiro atoms. The van der Waals surface area contributed by atoms with Crippen LogP contribution in [0, 0.1) is 6.92 Å². The van der Waals surface area contributed by atoms with E-state index in [9.17, 15) is 4.79 Å². The highest BCUT2D eigenvalue weighted by molar-refractivity contribution is 5.95. The number of amides is 1. The topological polar surface area (TPSA) is 89.9 Å². The Morgan fingerprint density at radius 1 is 1.26 bits per heavy atom. The van der Waals surface area contributed by atoms with Gasteiger partial charge in [0, 0.05) is 30.8 Å². The van der Waals surface area contributed by atoms with Gasteiger partial charge in [0.05, 0.1) is 17.5 Å². The van der Waals surface area contributed by atoms with Crippen LogP contribution in [0.3, 0.4) is 0 Å². The molecule has 27 heavy (non-hydrogen) atoms. The van der Waals surface area contributed by atoms with Crippen molar-refractivity contribution in [1.29, 1.82) is 0 Å². The summed E-state index contributed by atoms with van der Waals surface area (Å²) >= 11 is 0. The smallest absolute Gasteiger partial charge is 0.258 e. The van der Waals surface area contributed by atoms with Crippen LogP contribution in [-0.4, -0.2) is 48.8 Å². The molecule has 3 aromatic heterocycles.